The van der Waals surface area contributed by atoms with Gasteiger partial charge in [-0.05, 0) is 58.7 Å². The number of hydrogen-bond acceptors (Lipinski definition) is 9. The monoisotopic (exact) mass is 504 g/mol. The number of nitrogens with two attached hydrogens (primary N) is 1. The molecule has 11 nitrogen and oxygen atoms in total. The summed E-state index contributed by atoms with van der Waals surface area (Å²) in [6.07, 6.45) is 0.427. The summed E-state index contributed by atoms with van der Waals surface area (Å²) < 4.78 is 16.1. The molecule has 0 aliphatic carbocycles. The molecule has 36 heavy (non-hydrogen) atoms. The highest BCUT2D eigenvalue weighted by Gasteiger charge is 2.14. The minimum Gasteiger partial charge on any atom is -0.463 e. The van der Waals surface area contributed by atoms with E-state index < -0.39 is 17.8 Å². The quantitative estimate of drug-likeness (QED) is 0.211. The number of primary amides is 1. The predicted molar refractivity (Wildman–Crippen MR) is 135 cm³/mol. The Morgan fingerprint density at radius 1 is 0.889 bits per heavy atom. The summed E-state index contributed by atoms with van der Waals surface area (Å²) in [5.74, 6) is -1.90. The Morgan fingerprint density at radius 3 is 1.94 bits per heavy atom. The molecule has 2 amide bonds. The topological polar surface area (TPSA) is 159 Å². The van der Waals surface area contributed by atoms with E-state index in [1.165, 1.54) is 18.2 Å². The van der Waals surface area contributed by atoms with Gasteiger partial charge in [-0.2, -0.15) is 5.10 Å². The number of aliphatic imine (C=N–C) groups is 1. The van der Waals surface area contributed by atoms with Crippen LogP contribution in [0.4, 0.5) is 0 Å². The maximum absolute atomic E-state index is 12.2. The number of amides is 2. The molecule has 0 aliphatic rings. The van der Waals surface area contributed by atoms with Crippen molar-refractivity contribution in [3.05, 3.63) is 35.4 Å². The van der Waals surface area contributed by atoms with Crippen LogP contribution in [0.2, 0.25) is 0 Å². The van der Waals surface area contributed by atoms with Gasteiger partial charge in [-0.1, -0.05) is 6.07 Å². The second-order valence-electron chi connectivity index (χ2n) is 8.32. The predicted octanol–water partition coefficient (Wildman–Crippen LogP) is 2.42. The number of hydrazone groups is 1. The summed E-state index contributed by atoms with van der Waals surface area (Å²) in [5.41, 5.74) is 9.45. The van der Waals surface area contributed by atoms with Crippen molar-refractivity contribution in [3.8, 4) is 0 Å². The van der Waals surface area contributed by atoms with Gasteiger partial charge in [-0.15, -0.1) is 0 Å². The number of nitrogens with one attached hydrogen (secondary N) is 1. The highest BCUT2D eigenvalue weighted by atomic mass is 16.6. The van der Waals surface area contributed by atoms with Gasteiger partial charge in [0.2, 0.25) is 5.91 Å². The molecule has 0 heterocycles. The van der Waals surface area contributed by atoms with E-state index in [-0.39, 0.29) is 61.8 Å². The number of rotatable bonds is 15. The van der Waals surface area contributed by atoms with Crippen molar-refractivity contribution in [3.63, 3.8) is 0 Å². The third-order valence-corrected chi connectivity index (χ3v) is 4.94. The van der Waals surface area contributed by atoms with E-state index in [2.05, 4.69) is 15.5 Å². The van der Waals surface area contributed by atoms with E-state index in [0.29, 0.717) is 12.1 Å². The minimum atomic E-state index is -0.635. The van der Waals surface area contributed by atoms with E-state index >= 15 is 0 Å². The van der Waals surface area contributed by atoms with E-state index in [4.69, 9.17) is 19.9 Å². The minimum absolute atomic E-state index is 0.0480. The molecular formula is C25H36N4O7. The molecule has 0 bridgehead atoms. The third-order valence-electron chi connectivity index (χ3n) is 4.94. The highest BCUT2D eigenvalue weighted by molar-refractivity contribution is 5.99. The SMILES string of the molecule is CN=C(C)CCC(=O)OCC(C)OC(C)COC(=O)CC/C(C)=N/NC(=O)c1cccc(C(N)=O)c1. The Morgan fingerprint density at radius 2 is 1.42 bits per heavy atom. The van der Waals surface area contributed by atoms with Crippen LogP contribution in [0.15, 0.2) is 34.4 Å². The fraction of sp³-hybridized carbons (Fsp3) is 0.520. The largest absolute Gasteiger partial charge is 0.463 e. The van der Waals surface area contributed by atoms with Gasteiger partial charge in [0.25, 0.3) is 5.91 Å². The number of esters is 2. The first-order valence-corrected chi connectivity index (χ1v) is 11.6. The fourth-order valence-corrected chi connectivity index (χ4v) is 2.80. The van der Waals surface area contributed by atoms with Gasteiger partial charge in [-0.3, -0.25) is 24.2 Å². The summed E-state index contributed by atoms with van der Waals surface area (Å²) in [6, 6.07) is 5.96. The second-order valence-corrected chi connectivity index (χ2v) is 8.32. The number of hydrogen-bond donors (Lipinski definition) is 2. The van der Waals surface area contributed by atoms with Gasteiger partial charge in [-0.25, -0.2) is 5.43 Å². The molecule has 0 saturated heterocycles. The first kappa shape index (κ1) is 30.4. The normalized spacial score (nSPS) is 13.5. The Hall–Kier alpha value is -3.60. The lowest BCUT2D eigenvalue weighted by Gasteiger charge is -2.19. The molecule has 0 aromatic heterocycles. The van der Waals surface area contributed by atoms with Crippen molar-refractivity contribution in [1.29, 1.82) is 0 Å². The number of carbonyl (C=O) groups is 4. The van der Waals surface area contributed by atoms with Crippen molar-refractivity contribution in [2.24, 2.45) is 15.8 Å². The van der Waals surface area contributed by atoms with Crippen LogP contribution in [-0.4, -0.2) is 67.6 Å². The first-order valence-electron chi connectivity index (χ1n) is 11.6. The van der Waals surface area contributed by atoms with E-state index in [9.17, 15) is 19.2 Å². The Bertz CT molecular complexity index is 975. The van der Waals surface area contributed by atoms with Gasteiger partial charge >= 0.3 is 11.9 Å². The molecule has 3 N–H and O–H groups in total. The molecule has 2 unspecified atom stereocenters. The molecule has 2 atom stereocenters. The summed E-state index contributed by atoms with van der Waals surface area (Å²) in [7, 11) is 1.68. The van der Waals surface area contributed by atoms with Gasteiger partial charge in [0.15, 0.2) is 0 Å². The third kappa shape index (κ3) is 12.7. The highest BCUT2D eigenvalue weighted by Crippen LogP contribution is 2.06. The van der Waals surface area contributed by atoms with Gasteiger partial charge < -0.3 is 19.9 Å². The maximum atomic E-state index is 12.2. The van der Waals surface area contributed by atoms with Crippen molar-refractivity contribution >= 4 is 35.2 Å². The van der Waals surface area contributed by atoms with E-state index in [1.807, 2.05) is 6.92 Å². The average Bonchev–Trinajstić information content (AvgIpc) is 2.86. The number of benzene rings is 1. The van der Waals surface area contributed by atoms with Crippen molar-refractivity contribution in [2.75, 3.05) is 20.3 Å². The molecule has 0 aliphatic heterocycles. The van der Waals surface area contributed by atoms with Crippen LogP contribution < -0.4 is 11.2 Å². The molecule has 0 fully saturated rings. The number of ether oxygens (including phenoxy) is 3. The molecule has 1 aromatic rings. The van der Waals surface area contributed by atoms with Crippen molar-refractivity contribution in [1.82, 2.24) is 5.43 Å². The fourth-order valence-electron chi connectivity index (χ4n) is 2.80. The van der Waals surface area contributed by atoms with Crippen LogP contribution in [0.25, 0.3) is 0 Å². The second kappa shape index (κ2) is 16.1. The lowest BCUT2D eigenvalue weighted by atomic mass is 10.1. The van der Waals surface area contributed by atoms with E-state index in [0.717, 1.165) is 5.71 Å². The van der Waals surface area contributed by atoms with Gasteiger partial charge in [0, 0.05) is 29.6 Å². The standard InChI is InChI=1S/C25H36N4O7/c1-16(27-5)9-11-22(30)34-14-18(3)36-19(4)15-35-23(31)12-10-17(2)28-29-25(33)21-8-6-7-20(13-21)24(26)32/h6-8,13,18-19H,9-12,14-15H2,1-5H3,(H2,26,32)(H,29,33)/b27-16?,28-17+. The van der Waals surface area contributed by atoms with Gasteiger partial charge in [0.05, 0.1) is 25.0 Å². The van der Waals surface area contributed by atoms with Crippen LogP contribution in [0, 0.1) is 0 Å². The summed E-state index contributed by atoms with van der Waals surface area (Å²) in [4.78, 5) is 51.2. The Kier molecular flexibility index (Phi) is 13.6. The average molecular weight is 505 g/mol. The lowest BCUT2D eigenvalue weighted by molar-refractivity contribution is -0.153. The zero-order chi connectivity index (χ0) is 27.1. The summed E-state index contributed by atoms with van der Waals surface area (Å²) >= 11 is 0. The number of carbonyl (C=O) groups excluding carboxylic acids is 4. The number of nitrogens with zero attached hydrogens (tertiary/aromatic N) is 2. The molecule has 11 heteroatoms. The van der Waals surface area contributed by atoms with Crippen LogP contribution in [0.5, 0.6) is 0 Å². The van der Waals surface area contributed by atoms with E-state index in [1.54, 1.807) is 33.9 Å². The van der Waals surface area contributed by atoms with Crippen molar-refractivity contribution in [2.45, 2.75) is 65.6 Å². The van der Waals surface area contributed by atoms with Crippen LogP contribution in [0.3, 0.4) is 0 Å². The molecular weight excluding hydrogens is 468 g/mol. The zero-order valence-electron chi connectivity index (χ0n) is 21.5. The van der Waals surface area contributed by atoms with Gasteiger partial charge in [0.1, 0.15) is 13.2 Å². The smallest absolute Gasteiger partial charge is 0.306 e. The molecule has 0 saturated carbocycles. The van der Waals surface area contributed by atoms with Crippen LogP contribution >= 0.6 is 0 Å². The first-order chi connectivity index (χ1) is 17.0. The Balaban J connectivity index is 2.29. The molecule has 198 valence electrons. The maximum Gasteiger partial charge on any atom is 0.306 e. The lowest BCUT2D eigenvalue weighted by Crippen LogP contribution is -2.27. The molecule has 0 spiro atoms. The molecule has 1 aromatic carbocycles. The Labute approximate surface area is 211 Å². The summed E-state index contributed by atoms with van der Waals surface area (Å²) in [5, 5.41) is 3.96. The molecule has 1 rings (SSSR count). The zero-order valence-corrected chi connectivity index (χ0v) is 21.5. The molecule has 0 radical (unpaired) electrons. The van der Waals surface area contributed by atoms with Crippen molar-refractivity contribution < 1.29 is 33.4 Å². The summed E-state index contributed by atoms with van der Waals surface area (Å²) in [6.45, 7) is 7.19. The van der Waals surface area contributed by atoms with Crippen LogP contribution in [0.1, 0.15) is 74.1 Å². The van der Waals surface area contributed by atoms with Crippen LogP contribution in [-0.2, 0) is 23.8 Å².